The van der Waals surface area contributed by atoms with Crippen LogP contribution in [-0.2, 0) is 10.0 Å². The van der Waals surface area contributed by atoms with Crippen molar-refractivity contribution in [2.24, 2.45) is 16.6 Å². The van der Waals surface area contributed by atoms with Crippen LogP contribution in [0.25, 0.3) is 0 Å². The van der Waals surface area contributed by atoms with E-state index in [2.05, 4.69) is 4.72 Å². The smallest absolute Gasteiger partial charge is 0.240 e. The van der Waals surface area contributed by atoms with Crippen LogP contribution in [0.15, 0.2) is 23.1 Å². The third kappa shape index (κ3) is 2.51. The highest BCUT2D eigenvalue weighted by Crippen LogP contribution is 2.52. The van der Waals surface area contributed by atoms with Gasteiger partial charge in [-0.15, -0.1) is 0 Å². The quantitative estimate of drug-likeness (QED) is 0.900. The molecule has 1 aromatic carbocycles. The van der Waals surface area contributed by atoms with Gasteiger partial charge in [-0.3, -0.25) is 0 Å². The zero-order valence-corrected chi connectivity index (χ0v) is 14.5. The number of aryl methyl sites for hydroxylation is 2. The van der Waals surface area contributed by atoms with Gasteiger partial charge in [-0.1, -0.05) is 33.8 Å². The molecule has 0 spiro atoms. The third-order valence-electron chi connectivity index (χ3n) is 5.15. The maximum atomic E-state index is 12.6. The molecule has 0 aliphatic heterocycles. The highest BCUT2D eigenvalue weighted by atomic mass is 32.2. The lowest BCUT2D eigenvalue weighted by Gasteiger charge is -2.62. The SMILES string of the molecule is Cc1ccc(S(=O)(=O)NC2C(C)(C)C(N)C2(C)C)cc1C. The lowest BCUT2D eigenvalue weighted by Crippen LogP contribution is -2.75. The normalized spacial score (nSPS) is 27.2. The van der Waals surface area contributed by atoms with E-state index in [1.165, 1.54) is 0 Å². The predicted octanol–water partition coefficient (Wildman–Crippen LogP) is 2.34. The Morgan fingerprint density at radius 2 is 1.57 bits per heavy atom. The molecule has 1 aliphatic carbocycles. The molecule has 1 aromatic rings. The molecule has 21 heavy (non-hydrogen) atoms. The van der Waals surface area contributed by atoms with Gasteiger partial charge >= 0.3 is 0 Å². The van der Waals surface area contributed by atoms with Gasteiger partial charge in [0.15, 0.2) is 0 Å². The molecule has 0 heterocycles. The molecule has 1 aliphatic rings. The van der Waals surface area contributed by atoms with E-state index in [1.807, 2.05) is 47.6 Å². The second-order valence-electron chi connectivity index (χ2n) is 7.42. The van der Waals surface area contributed by atoms with E-state index in [1.54, 1.807) is 12.1 Å². The van der Waals surface area contributed by atoms with E-state index in [0.717, 1.165) is 11.1 Å². The molecule has 0 radical (unpaired) electrons. The van der Waals surface area contributed by atoms with Crippen LogP contribution < -0.4 is 10.5 Å². The van der Waals surface area contributed by atoms with Gasteiger partial charge in [0.25, 0.3) is 0 Å². The molecule has 0 atom stereocenters. The van der Waals surface area contributed by atoms with Gasteiger partial charge in [-0.05, 0) is 47.9 Å². The molecule has 0 bridgehead atoms. The Bertz CT molecular complexity index is 647. The minimum atomic E-state index is -3.53. The molecular weight excluding hydrogens is 284 g/mol. The first kappa shape index (κ1) is 16.5. The lowest BCUT2D eigenvalue weighted by atomic mass is 9.49. The van der Waals surface area contributed by atoms with E-state index in [4.69, 9.17) is 5.73 Å². The van der Waals surface area contributed by atoms with Gasteiger partial charge in [0.2, 0.25) is 10.0 Å². The molecule has 0 aromatic heterocycles. The molecule has 1 fully saturated rings. The maximum Gasteiger partial charge on any atom is 0.240 e. The number of hydrogen-bond donors (Lipinski definition) is 2. The van der Waals surface area contributed by atoms with E-state index >= 15 is 0 Å². The van der Waals surface area contributed by atoms with Crippen molar-refractivity contribution in [1.82, 2.24) is 4.72 Å². The van der Waals surface area contributed by atoms with Crippen molar-refractivity contribution in [3.63, 3.8) is 0 Å². The fourth-order valence-corrected chi connectivity index (χ4v) is 5.22. The van der Waals surface area contributed by atoms with Crippen molar-refractivity contribution in [2.45, 2.75) is 58.5 Å². The molecule has 3 N–H and O–H groups in total. The van der Waals surface area contributed by atoms with Crippen molar-refractivity contribution in [3.8, 4) is 0 Å². The first-order valence-corrected chi connectivity index (χ1v) is 8.74. The van der Waals surface area contributed by atoms with Crippen LogP contribution in [0.3, 0.4) is 0 Å². The number of nitrogens with one attached hydrogen (secondary N) is 1. The molecule has 4 nitrogen and oxygen atoms in total. The first-order chi connectivity index (χ1) is 9.40. The van der Waals surface area contributed by atoms with E-state index in [0.29, 0.717) is 4.90 Å². The fraction of sp³-hybridized carbons (Fsp3) is 0.625. The molecule has 1 saturated carbocycles. The summed E-state index contributed by atoms with van der Waals surface area (Å²) >= 11 is 0. The van der Waals surface area contributed by atoms with Crippen molar-refractivity contribution in [3.05, 3.63) is 29.3 Å². The predicted molar refractivity (Wildman–Crippen MR) is 85.6 cm³/mol. The Labute approximate surface area is 128 Å². The van der Waals surface area contributed by atoms with E-state index < -0.39 is 10.0 Å². The van der Waals surface area contributed by atoms with Crippen LogP contribution in [0, 0.1) is 24.7 Å². The summed E-state index contributed by atoms with van der Waals surface area (Å²) in [4.78, 5) is 0.317. The number of rotatable bonds is 3. The van der Waals surface area contributed by atoms with Crippen LogP contribution in [-0.4, -0.2) is 20.5 Å². The average molecular weight is 310 g/mol. The second-order valence-corrected chi connectivity index (χ2v) is 9.13. The zero-order valence-electron chi connectivity index (χ0n) is 13.7. The molecule has 0 amide bonds. The van der Waals surface area contributed by atoms with E-state index in [9.17, 15) is 8.42 Å². The largest absolute Gasteiger partial charge is 0.327 e. The maximum absolute atomic E-state index is 12.6. The highest BCUT2D eigenvalue weighted by molar-refractivity contribution is 7.89. The second kappa shape index (κ2) is 4.80. The van der Waals surface area contributed by atoms with Gasteiger partial charge in [-0.25, -0.2) is 13.1 Å². The third-order valence-corrected chi connectivity index (χ3v) is 6.57. The number of benzene rings is 1. The standard InChI is InChI=1S/C16H26N2O2S/c1-10-7-8-12(9-11(10)2)21(19,20)18-14-15(3,4)13(17)16(14,5)6/h7-9,13-14,18H,17H2,1-6H3. The summed E-state index contributed by atoms with van der Waals surface area (Å²) in [6, 6.07) is 5.01. The number of nitrogens with two attached hydrogens (primary N) is 1. The van der Waals surface area contributed by atoms with Gasteiger partial charge in [0, 0.05) is 12.1 Å². The summed E-state index contributed by atoms with van der Waals surface area (Å²) in [6.45, 7) is 11.9. The topological polar surface area (TPSA) is 72.2 Å². The number of hydrogen-bond acceptors (Lipinski definition) is 3. The average Bonchev–Trinajstić information content (AvgIpc) is 2.38. The fourth-order valence-electron chi connectivity index (χ4n) is 3.59. The minimum absolute atomic E-state index is 0.0301. The molecule has 5 heteroatoms. The molecule has 0 unspecified atom stereocenters. The zero-order chi connectivity index (χ0) is 16.2. The molecular formula is C16H26N2O2S. The summed E-state index contributed by atoms with van der Waals surface area (Å²) < 4.78 is 28.1. The lowest BCUT2D eigenvalue weighted by molar-refractivity contribution is -0.0593. The van der Waals surface area contributed by atoms with Crippen LogP contribution in [0.4, 0.5) is 0 Å². The van der Waals surface area contributed by atoms with Crippen molar-refractivity contribution >= 4 is 10.0 Å². The summed E-state index contributed by atoms with van der Waals surface area (Å²) in [7, 11) is -3.53. The summed E-state index contributed by atoms with van der Waals surface area (Å²) in [6.07, 6.45) is 0. The van der Waals surface area contributed by atoms with Gasteiger partial charge in [0.1, 0.15) is 0 Å². The Morgan fingerprint density at radius 3 is 2.05 bits per heavy atom. The monoisotopic (exact) mass is 310 g/mol. The Hall–Kier alpha value is -0.910. The van der Waals surface area contributed by atoms with Crippen LogP contribution >= 0.6 is 0 Å². The van der Waals surface area contributed by atoms with Gasteiger partial charge < -0.3 is 5.73 Å². The first-order valence-electron chi connectivity index (χ1n) is 7.26. The molecule has 118 valence electrons. The van der Waals surface area contributed by atoms with Crippen LogP contribution in [0.5, 0.6) is 0 Å². The van der Waals surface area contributed by atoms with Crippen molar-refractivity contribution in [1.29, 1.82) is 0 Å². The highest BCUT2D eigenvalue weighted by Gasteiger charge is 2.61. The number of sulfonamides is 1. The summed E-state index contributed by atoms with van der Waals surface area (Å²) in [5.41, 5.74) is 7.74. The Balaban J connectivity index is 2.32. The van der Waals surface area contributed by atoms with Gasteiger partial charge in [-0.2, -0.15) is 0 Å². The van der Waals surface area contributed by atoms with Crippen molar-refractivity contribution < 1.29 is 8.42 Å². The van der Waals surface area contributed by atoms with Crippen LogP contribution in [0.1, 0.15) is 38.8 Å². The van der Waals surface area contributed by atoms with Crippen LogP contribution in [0.2, 0.25) is 0 Å². The van der Waals surface area contributed by atoms with E-state index in [-0.39, 0.29) is 22.9 Å². The Morgan fingerprint density at radius 1 is 1.05 bits per heavy atom. The summed E-state index contributed by atoms with van der Waals surface area (Å²) in [5, 5.41) is 0. The minimum Gasteiger partial charge on any atom is -0.327 e. The molecule has 2 rings (SSSR count). The van der Waals surface area contributed by atoms with Crippen molar-refractivity contribution in [2.75, 3.05) is 0 Å². The molecule has 0 saturated heterocycles. The summed E-state index contributed by atoms with van der Waals surface area (Å²) in [5.74, 6) is 0. The van der Waals surface area contributed by atoms with Gasteiger partial charge in [0.05, 0.1) is 4.90 Å². The Kier molecular flexibility index (Phi) is 3.76.